The molecule has 0 spiro atoms. The summed E-state index contributed by atoms with van der Waals surface area (Å²) in [6.45, 7) is 58.7. The van der Waals surface area contributed by atoms with Crippen LogP contribution in [0.15, 0.2) is 135 Å². The number of carbonyl (C=O) groups excluding carboxylic acids is 4. The van der Waals surface area contributed by atoms with Crippen molar-refractivity contribution in [1.82, 2.24) is 68.4 Å². The molecule has 11 atom stereocenters. The molecule has 136 heavy (non-hydrogen) atoms. The highest BCUT2D eigenvalue weighted by molar-refractivity contribution is 7.70. The van der Waals surface area contributed by atoms with Crippen LogP contribution in [-0.2, 0) is 68.1 Å². The summed E-state index contributed by atoms with van der Waals surface area (Å²) in [4.78, 5) is 173. The first kappa shape index (κ1) is 123. The quantitative estimate of drug-likeness (QED) is 0.00960. The van der Waals surface area contributed by atoms with Crippen LogP contribution in [-0.4, -0.2) is 314 Å². The monoisotopic (exact) mass is 2040 g/mol. The first-order chi connectivity index (χ1) is 64.1. The van der Waals surface area contributed by atoms with Crippen LogP contribution in [0, 0.1) is 0 Å². The van der Waals surface area contributed by atoms with E-state index in [1.54, 1.807) is 60.7 Å². The number of ether oxygens (including phenoxy) is 4. The van der Waals surface area contributed by atoms with Crippen LogP contribution in [0.5, 0.6) is 0 Å². The van der Waals surface area contributed by atoms with Crippen molar-refractivity contribution in [2.24, 2.45) is 0 Å². The highest BCUT2D eigenvalue weighted by atomic mass is 31.3. The molecular formula is C84H139N16O30P6+. The normalized spacial score (nSPS) is 18.3. The predicted molar refractivity (Wildman–Crippen MR) is 512 cm³/mol. The third-order valence-electron chi connectivity index (χ3n) is 21.0. The number of rotatable bonds is 42. The summed E-state index contributed by atoms with van der Waals surface area (Å²) >= 11 is 0. The summed E-state index contributed by atoms with van der Waals surface area (Å²) in [6.07, 6.45) is -8.23. The Kier molecular flexibility index (Phi) is 55.2. The number of imidazole rings is 2. The minimum atomic E-state index is -5.84. The van der Waals surface area contributed by atoms with Crippen molar-refractivity contribution < 1.29 is 141 Å². The first-order valence-corrected chi connectivity index (χ1v) is 53.5. The van der Waals surface area contributed by atoms with Gasteiger partial charge in [-0.25, -0.2) is 62.3 Å². The van der Waals surface area contributed by atoms with Crippen LogP contribution in [0.2, 0.25) is 0 Å². The van der Waals surface area contributed by atoms with E-state index in [0.29, 0.717) is 11.1 Å². The van der Waals surface area contributed by atoms with E-state index < -0.39 is 122 Å². The van der Waals surface area contributed by atoms with E-state index in [9.17, 15) is 76.7 Å². The lowest BCUT2D eigenvalue weighted by Crippen LogP contribution is -2.38. The van der Waals surface area contributed by atoms with Gasteiger partial charge in [-0.2, -0.15) is 18.4 Å². The molecule has 2 aliphatic heterocycles. The number of nitrogens with zero attached hydrogens (tertiary/aromatic N) is 14. The molecule has 46 nitrogen and oxygen atoms in total. The number of carbonyl (C=O) groups is 4. The van der Waals surface area contributed by atoms with Crippen molar-refractivity contribution in [3.8, 4) is 0 Å². The van der Waals surface area contributed by atoms with Crippen molar-refractivity contribution in [1.29, 1.82) is 0 Å². The number of fused-ring (bicyclic) bond motifs is 2. The fourth-order valence-electron chi connectivity index (χ4n) is 12.9. The molecule has 4 aromatic heterocycles. The van der Waals surface area contributed by atoms with Gasteiger partial charge < -0.3 is 104 Å². The minimum absolute atomic E-state index is 0.0115. The van der Waals surface area contributed by atoms with Gasteiger partial charge in [0.15, 0.2) is 59.2 Å². The number of hydrogen-bond donors (Lipinski definition) is 13. The molecule has 4 aromatic carbocycles. The maximum atomic E-state index is 13.2. The number of aliphatic hydroxyl groups excluding tert-OH is 2. The van der Waals surface area contributed by atoms with Crippen molar-refractivity contribution >= 4 is 105 Å². The summed E-state index contributed by atoms with van der Waals surface area (Å²) in [5.74, 6) is -2.62. The van der Waals surface area contributed by atoms with E-state index >= 15 is 0 Å². The van der Waals surface area contributed by atoms with Gasteiger partial charge in [0.2, 0.25) is 0 Å². The third kappa shape index (κ3) is 41.7. The SMILES string of the molecule is CCN(CC)CC.CCN(CC)CC.CCN(CC)CC.CCN(CC)CC.CCN(CC)CC.CCN(CC)CC.Nc1ncnc2c1ncn2[C@@H]1O[C@H](COP(=O)(O)OP(=O)(O)OP(=O)(O)O)[C@@H](OC(=O)c2ccc(C(=O)c3ccccc3)cc2)[C@H]1O.Nc1ncnc2c1ncn2[C@@H]1O[C@H](COP(=O)(O)O[P+](O)(O)OP(=O)(O)O)[C@@H](O)[C@H]1OC(=O)c1ccc(C(=O)c2ccccc2)cc1. The average Bonchev–Trinajstić information content (AvgIpc) is 1.62. The molecular weight excluding hydrogens is 1900 g/mol. The van der Waals surface area contributed by atoms with Gasteiger partial charge in [-0.1, -0.05) is 210 Å². The molecule has 10 rings (SSSR count). The second-order valence-corrected chi connectivity index (χ2v) is 38.0. The number of nitrogen functional groups attached to an aromatic ring is 2. The second-order valence-electron chi connectivity index (χ2n) is 29.1. The summed E-state index contributed by atoms with van der Waals surface area (Å²) in [5, 5.41) is 22.3. The Labute approximate surface area is 794 Å². The van der Waals surface area contributed by atoms with Gasteiger partial charge >= 0.3 is 59.2 Å². The van der Waals surface area contributed by atoms with Gasteiger partial charge in [-0.3, -0.25) is 27.8 Å². The number of ketones is 2. The lowest BCUT2D eigenvalue weighted by atomic mass is 10.0. The fourth-order valence-corrected chi connectivity index (χ4v) is 19.1. The third-order valence-corrected chi connectivity index (χ3v) is 28.6. The number of benzene rings is 4. The zero-order chi connectivity index (χ0) is 102. The lowest BCUT2D eigenvalue weighted by molar-refractivity contribution is -0.0559. The predicted octanol–water partition coefficient (Wildman–Crippen LogP) is 10.6. The zero-order valence-electron chi connectivity index (χ0n) is 80.2. The molecule has 0 saturated carbocycles. The average molecular weight is 2040 g/mol. The Morgan fingerprint density at radius 2 is 0.669 bits per heavy atom. The van der Waals surface area contributed by atoms with E-state index in [1.165, 1.54) is 188 Å². The summed E-state index contributed by atoms with van der Waals surface area (Å²) in [5.41, 5.74) is 13.4. The topological polar surface area (TPSA) is 627 Å². The number of phosphoric ester groups is 2. The summed E-state index contributed by atoms with van der Waals surface area (Å²) in [6, 6.07) is 27.6. The Hall–Kier alpha value is -7.56. The van der Waals surface area contributed by atoms with Gasteiger partial charge in [0.1, 0.15) is 48.1 Å². The zero-order valence-corrected chi connectivity index (χ0v) is 85.6. The van der Waals surface area contributed by atoms with Gasteiger partial charge in [-0.05, 0) is 151 Å². The molecule has 0 aliphatic carbocycles. The molecule has 15 N–H and O–H groups in total. The number of aromatic nitrogens is 8. The first-order valence-electron chi connectivity index (χ1n) is 44.4. The molecule has 3 unspecified atom stereocenters. The largest absolute Gasteiger partial charge is 0.591 e. The van der Waals surface area contributed by atoms with E-state index in [0.717, 1.165) is 12.7 Å². The van der Waals surface area contributed by atoms with Gasteiger partial charge in [-0.15, -0.1) is 0 Å². The second kappa shape index (κ2) is 61.2. The minimum Gasteiger partial charge on any atom is -0.453 e. The molecule has 2 aliphatic rings. The van der Waals surface area contributed by atoms with Gasteiger partial charge in [0, 0.05) is 22.3 Å². The maximum absolute atomic E-state index is 13.2. The summed E-state index contributed by atoms with van der Waals surface area (Å²) in [7, 11) is -33.8. The highest BCUT2D eigenvalue weighted by Crippen LogP contribution is 2.71. The number of esters is 2. The van der Waals surface area contributed by atoms with Crippen LogP contribution in [0.4, 0.5) is 11.6 Å². The van der Waals surface area contributed by atoms with E-state index in [-0.39, 0.29) is 67.8 Å². The van der Waals surface area contributed by atoms with E-state index in [2.05, 4.69) is 210 Å². The number of nitrogens with two attached hydrogens (primary N) is 2. The number of phosphoric acid groups is 5. The van der Waals surface area contributed by atoms with Crippen molar-refractivity contribution in [2.75, 3.05) is 142 Å². The van der Waals surface area contributed by atoms with Crippen LogP contribution >= 0.6 is 47.3 Å². The Morgan fingerprint density at radius 3 is 0.993 bits per heavy atom. The van der Waals surface area contributed by atoms with Crippen molar-refractivity contribution in [2.45, 2.75) is 174 Å². The highest BCUT2D eigenvalue weighted by Gasteiger charge is 2.57. The van der Waals surface area contributed by atoms with Crippen LogP contribution < -0.4 is 11.5 Å². The lowest BCUT2D eigenvalue weighted by Gasteiger charge is -2.22. The smallest absolute Gasteiger partial charge is 0.453 e. The van der Waals surface area contributed by atoms with E-state index in [4.69, 9.17) is 50.0 Å². The van der Waals surface area contributed by atoms with Crippen molar-refractivity contribution in [3.05, 3.63) is 168 Å². The molecule has 0 radical (unpaired) electrons. The molecule has 2 saturated heterocycles. The van der Waals surface area contributed by atoms with E-state index in [1.807, 2.05) is 0 Å². The summed E-state index contributed by atoms with van der Waals surface area (Å²) < 4.78 is 108. The molecule has 52 heteroatoms. The molecule has 8 aromatic rings. The van der Waals surface area contributed by atoms with Crippen molar-refractivity contribution in [3.63, 3.8) is 0 Å². The number of hydrogen-bond acceptors (Lipinski definition) is 37. The van der Waals surface area contributed by atoms with Crippen LogP contribution in [0.1, 0.15) is 190 Å². The fraction of sp³-hybridized carbons (Fsp3) is 0.548. The van der Waals surface area contributed by atoms with Crippen LogP contribution in [0.3, 0.4) is 0 Å². The molecule has 2 fully saturated rings. The standard InChI is InChI=1S/2C24H24N5O15P3.6C6H15N/c25-21-17-22(27-11-26-21)29(12-28-17)23-19(31)20(16(41-23)10-40-46(36,37)44-47(38,39)43-45(33,34)35)42-24(32)15-8-6-14(7-9-15)18(30)13-4-2-1-3-5-13;25-21-17-22(27-11-26-21)29(12-28-17)23-20(19(31)16(41-23)10-40-46(36,37)44-47(38,39)43-45(33,34)35)42-24(32)15-8-6-14(7-9-15)18(30)13-4-2-1-3-5-13;6*1-4-7(5-2)6-3/h1-9,11-12,16,19-20,23,31H,10H2,(H,36,37)(H,38,39)(H2,25,26,27)(H2,33,34,35);1-9,11-12,16,19-20,23,31,38-39H,10H2,(H4-,25,26,27,33,34,35,36,37);6*4-6H2,1-3H3/p+1/t2*16-,19-,20-,23-;;;;;;/m11....../s1. The van der Waals surface area contributed by atoms with Gasteiger partial charge in [0.25, 0.3) is 0 Å². The molecule has 764 valence electrons. The molecule has 6 heterocycles. The Bertz CT molecular complexity index is 4950. The number of anilines is 2. The van der Waals surface area contributed by atoms with Gasteiger partial charge in [0.05, 0.1) is 37.0 Å². The molecule has 0 bridgehead atoms. The Morgan fingerprint density at radius 1 is 0.368 bits per heavy atom. The molecule has 0 amide bonds. The van der Waals surface area contributed by atoms with Crippen LogP contribution in [0.25, 0.3) is 22.3 Å². The maximum Gasteiger partial charge on any atom is 0.591 e. The Balaban J connectivity index is 0.000000492. The number of aliphatic hydroxyl groups is 2.